The molecule has 2 aliphatic heterocycles. The van der Waals surface area contributed by atoms with Crippen LogP contribution in [-0.4, -0.2) is 23.3 Å². The predicted octanol–water partition coefficient (Wildman–Crippen LogP) is 1.89. The van der Waals surface area contributed by atoms with Gasteiger partial charge >= 0.3 is 0 Å². The number of thioether (sulfide) groups is 1. The van der Waals surface area contributed by atoms with Crippen molar-refractivity contribution in [2.45, 2.75) is 24.1 Å². The van der Waals surface area contributed by atoms with E-state index in [2.05, 4.69) is 23.4 Å². The van der Waals surface area contributed by atoms with Crippen LogP contribution >= 0.6 is 11.8 Å². The van der Waals surface area contributed by atoms with E-state index in [9.17, 15) is 0 Å². The maximum atomic E-state index is 4.42. The van der Waals surface area contributed by atoms with Crippen molar-refractivity contribution < 1.29 is 0 Å². The minimum atomic E-state index is 0.507. The van der Waals surface area contributed by atoms with Crippen LogP contribution in [-0.2, 0) is 0 Å². The van der Waals surface area contributed by atoms with Gasteiger partial charge < -0.3 is 0 Å². The van der Waals surface area contributed by atoms with Crippen LogP contribution in [0, 0.1) is 0 Å². The van der Waals surface area contributed by atoms with Crippen LogP contribution in [0.1, 0.15) is 12.8 Å². The second-order valence-corrected chi connectivity index (χ2v) is 3.97. The number of hydrogen-bond donors (Lipinski definition) is 0. The van der Waals surface area contributed by atoms with Gasteiger partial charge in [0.1, 0.15) is 0 Å². The van der Waals surface area contributed by atoms with Crippen LogP contribution < -0.4 is 0 Å². The van der Waals surface area contributed by atoms with Crippen molar-refractivity contribution >= 4 is 18.0 Å². The SMILES string of the molecule is C1=CC2N=CCCC2SC1. The topological polar surface area (TPSA) is 12.4 Å². The fraction of sp³-hybridized carbons (Fsp3) is 0.625. The first-order valence-electron chi connectivity index (χ1n) is 3.77. The standard InChI is InChI=1S/C8H11NS/c1-4-8-7(9-5-1)3-2-6-10-8/h2-3,5,7-8H,1,4,6H2. The second kappa shape index (κ2) is 2.79. The van der Waals surface area contributed by atoms with Gasteiger partial charge in [-0.15, -0.1) is 0 Å². The van der Waals surface area contributed by atoms with Gasteiger partial charge in [0, 0.05) is 11.0 Å². The first-order chi connectivity index (χ1) is 4.97. The van der Waals surface area contributed by atoms with Crippen LogP contribution in [0.5, 0.6) is 0 Å². The third-order valence-corrected chi connectivity index (χ3v) is 3.31. The number of hydrogen-bond acceptors (Lipinski definition) is 2. The Kier molecular flexibility index (Phi) is 1.80. The molecule has 2 rings (SSSR count). The molecular formula is C8H11NS. The van der Waals surface area contributed by atoms with Crippen molar-refractivity contribution in [3.8, 4) is 0 Å². The monoisotopic (exact) mass is 153 g/mol. The van der Waals surface area contributed by atoms with Gasteiger partial charge in [0.2, 0.25) is 0 Å². The van der Waals surface area contributed by atoms with E-state index in [1.165, 1.54) is 18.6 Å². The van der Waals surface area contributed by atoms with E-state index in [1.54, 1.807) is 0 Å². The maximum Gasteiger partial charge on any atom is 0.0795 e. The fourth-order valence-electron chi connectivity index (χ4n) is 1.43. The summed E-state index contributed by atoms with van der Waals surface area (Å²) in [5, 5.41) is 0.787. The third kappa shape index (κ3) is 1.12. The second-order valence-electron chi connectivity index (χ2n) is 2.70. The average Bonchev–Trinajstić information content (AvgIpc) is 2.05. The van der Waals surface area contributed by atoms with Crippen molar-refractivity contribution in [3.05, 3.63) is 12.2 Å². The lowest BCUT2D eigenvalue weighted by molar-refractivity contribution is 0.674. The third-order valence-electron chi connectivity index (χ3n) is 1.98. The molecule has 10 heavy (non-hydrogen) atoms. The van der Waals surface area contributed by atoms with E-state index in [0.29, 0.717) is 6.04 Å². The molecule has 0 aromatic heterocycles. The molecule has 2 heterocycles. The molecule has 0 saturated heterocycles. The van der Waals surface area contributed by atoms with E-state index < -0.39 is 0 Å². The van der Waals surface area contributed by atoms with Gasteiger partial charge in [-0.1, -0.05) is 12.2 Å². The first-order valence-corrected chi connectivity index (χ1v) is 4.81. The molecule has 0 N–H and O–H groups in total. The van der Waals surface area contributed by atoms with Gasteiger partial charge in [0.05, 0.1) is 6.04 Å². The zero-order valence-corrected chi connectivity index (χ0v) is 6.68. The molecule has 2 heteroatoms. The van der Waals surface area contributed by atoms with Crippen molar-refractivity contribution in [2.75, 3.05) is 5.75 Å². The zero-order chi connectivity index (χ0) is 6.81. The summed E-state index contributed by atoms with van der Waals surface area (Å²) in [5.41, 5.74) is 0. The highest BCUT2D eigenvalue weighted by Crippen LogP contribution is 2.28. The van der Waals surface area contributed by atoms with Crippen LogP contribution in [0.15, 0.2) is 17.1 Å². The van der Waals surface area contributed by atoms with E-state index in [1.807, 2.05) is 11.8 Å². The molecule has 0 fully saturated rings. The van der Waals surface area contributed by atoms with Gasteiger partial charge in [-0.25, -0.2) is 0 Å². The van der Waals surface area contributed by atoms with Crippen molar-refractivity contribution in [3.63, 3.8) is 0 Å². The zero-order valence-electron chi connectivity index (χ0n) is 5.86. The highest BCUT2D eigenvalue weighted by Gasteiger charge is 2.22. The summed E-state index contributed by atoms with van der Waals surface area (Å²) in [4.78, 5) is 4.42. The van der Waals surface area contributed by atoms with Crippen LogP contribution in [0.25, 0.3) is 0 Å². The van der Waals surface area contributed by atoms with E-state index in [-0.39, 0.29) is 0 Å². The van der Waals surface area contributed by atoms with E-state index in [4.69, 9.17) is 0 Å². The smallest absolute Gasteiger partial charge is 0.0795 e. The normalized spacial score (nSPS) is 37.6. The lowest BCUT2D eigenvalue weighted by Crippen LogP contribution is -2.25. The molecule has 2 aliphatic rings. The molecule has 2 unspecified atom stereocenters. The Labute approximate surface area is 65.6 Å². The molecule has 54 valence electrons. The largest absolute Gasteiger partial charge is 0.289 e. The molecule has 1 nitrogen and oxygen atoms in total. The molecule has 2 atom stereocenters. The fourth-order valence-corrected chi connectivity index (χ4v) is 2.56. The molecule has 0 radical (unpaired) electrons. The van der Waals surface area contributed by atoms with Gasteiger partial charge in [-0.2, -0.15) is 11.8 Å². The van der Waals surface area contributed by atoms with Crippen molar-refractivity contribution in [1.29, 1.82) is 0 Å². The molecule has 0 spiro atoms. The van der Waals surface area contributed by atoms with Crippen LogP contribution in [0.4, 0.5) is 0 Å². The highest BCUT2D eigenvalue weighted by atomic mass is 32.2. The predicted molar refractivity (Wildman–Crippen MR) is 46.9 cm³/mol. The van der Waals surface area contributed by atoms with Gasteiger partial charge in [-0.05, 0) is 19.1 Å². The summed E-state index contributed by atoms with van der Waals surface area (Å²) >= 11 is 2.05. The van der Waals surface area contributed by atoms with Gasteiger partial charge in [-0.3, -0.25) is 4.99 Å². The molecule has 0 bridgehead atoms. The molecule has 0 saturated carbocycles. The lowest BCUT2D eigenvalue weighted by Gasteiger charge is -2.26. The summed E-state index contributed by atoms with van der Waals surface area (Å²) in [6, 6.07) is 0.507. The Morgan fingerprint density at radius 3 is 3.40 bits per heavy atom. The Balaban J connectivity index is 2.15. The summed E-state index contributed by atoms with van der Waals surface area (Å²) in [6.07, 6.45) is 9.05. The van der Waals surface area contributed by atoms with Gasteiger partial charge in [0.25, 0.3) is 0 Å². The summed E-state index contributed by atoms with van der Waals surface area (Å²) in [7, 11) is 0. The van der Waals surface area contributed by atoms with Crippen LogP contribution in [0.3, 0.4) is 0 Å². The summed E-state index contributed by atoms with van der Waals surface area (Å²) in [5.74, 6) is 1.19. The Hall–Kier alpha value is -0.240. The quantitative estimate of drug-likeness (QED) is 0.484. The molecule has 0 aromatic carbocycles. The lowest BCUT2D eigenvalue weighted by atomic mass is 10.1. The van der Waals surface area contributed by atoms with Crippen LogP contribution in [0.2, 0.25) is 0 Å². The Bertz CT molecular complexity index is 156. The number of nitrogens with zero attached hydrogens (tertiary/aromatic N) is 1. The van der Waals surface area contributed by atoms with E-state index >= 15 is 0 Å². The summed E-state index contributed by atoms with van der Waals surface area (Å²) in [6.45, 7) is 0. The molecule has 0 aromatic rings. The molecular weight excluding hydrogens is 142 g/mol. The van der Waals surface area contributed by atoms with E-state index in [0.717, 1.165) is 5.25 Å². The van der Waals surface area contributed by atoms with Gasteiger partial charge in [0.15, 0.2) is 0 Å². The molecule has 0 amide bonds. The van der Waals surface area contributed by atoms with Crippen molar-refractivity contribution in [1.82, 2.24) is 0 Å². The maximum absolute atomic E-state index is 4.42. The highest BCUT2D eigenvalue weighted by molar-refractivity contribution is 8.00. The minimum absolute atomic E-state index is 0.507. The number of fused-ring (bicyclic) bond motifs is 1. The summed E-state index contributed by atoms with van der Waals surface area (Å²) < 4.78 is 0. The number of aliphatic imine (C=N–C) groups is 1. The Morgan fingerprint density at radius 2 is 2.50 bits per heavy atom. The number of rotatable bonds is 0. The van der Waals surface area contributed by atoms with Crippen molar-refractivity contribution in [2.24, 2.45) is 4.99 Å². The molecule has 0 aliphatic carbocycles. The minimum Gasteiger partial charge on any atom is -0.289 e. The Morgan fingerprint density at radius 1 is 1.50 bits per heavy atom. The first kappa shape index (κ1) is 6.47. The average molecular weight is 153 g/mol.